The molecule has 1 aromatic heterocycles. The number of carbonyl (C=O) groups excluding carboxylic acids is 2. The molecule has 0 fully saturated rings. The van der Waals surface area contributed by atoms with Crippen LogP contribution < -0.4 is 11.0 Å². The van der Waals surface area contributed by atoms with Gasteiger partial charge in [0, 0.05) is 28.8 Å². The Hall–Kier alpha value is -4.99. The van der Waals surface area contributed by atoms with E-state index >= 15 is 4.48 Å². The second kappa shape index (κ2) is 16.4. The van der Waals surface area contributed by atoms with Crippen LogP contribution in [0.5, 0.6) is 0 Å². The van der Waals surface area contributed by atoms with Gasteiger partial charge in [0.2, 0.25) is 5.91 Å². The molecule has 0 aliphatic rings. The van der Waals surface area contributed by atoms with Gasteiger partial charge in [-0.25, -0.2) is 9.18 Å². The number of anilines is 1. The lowest BCUT2D eigenvalue weighted by molar-refractivity contribution is -0.120. The highest BCUT2D eigenvalue weighted by atomic mass is 79.9. The average Bonchev–Trinajstić information content (AvgIpc) is 3.44. The van der Waals surface area contributed by atoms with E-state index in [1.807, 2.05) is 6.92 Å². The van der Waals surface area contributed by atoms with E-state index in [-0.39, 0.29) is 24.6 Å². The van der Waals surface area contributed by atoms with Crippen LogP contribution in [0.4, 0.5) is 14.6 Å². The summed E-state index contributed by atoms with van der Waals surface area (Å²) in [5.74, 6) is -2.51. The second-order valence-corrected chi connectivity index (χ2v) is 13.9. The third kappa shape index (κ3) is 8.32. The number of nitrogens with zero attached hydrogens (tertiary/aromatic N) is 4. The van der Waals surface area contributed by atoms with Crippen molar-refractivity contribution in [1.82, 2.24) is 18.9 Å². The minimum absolute atomic E-state index is 0.110. The van der Waals surface area contributed by atoms with Gasteiger partial charge in [0.1, 0.15) is 18.2 Å². The number of aromatic nitrogens is 3. The fraction of sp³-hybridized carbons (Fsp3) is 0.222. The number of hydrogen-bond acceptors (Lipinski definition) is 7. The Kier molecular flexibility index (Phi) is 12.0. The minimum atomic E-state index is -5.04. The molecule has 4 aromatic carbocycles. The Morgan fingerprint density at radius 2 is 1.69 bits per heavy atom. The van der Waals surface area contributed by atoms with Crippen LogP contribution in [0.1, 0.15) is 48.4 Å². The first-order chi connectivity index (χ1) is 24.5. The SMILES string of the molecule is CCCCc1nn(-c2cc(NC(=O)COCC)ccc2Br)c(=O)n1Cc1ccc(-c2ccccc2S(=O)(=O)N(F)C(=O)c2ccccc2F)cc1. The van der Waals surface area contributed by atoms with E-state index in [4.69, 9.17) is 4.74 Å². The summed E-state index contributed by atoms with van der Waals surface area (Å²) in [7, 11) is -5.04. The monoisotopic (exact) mass is 781 g/mol. The molecular formula is C36H34BrF2N5O6S. The van der Waals surface area contributed by atoms with Crippen molar-refractivity contribution in [3.63, 3.8) is 0 Å². The molecule has 0 radical (unpaired) electrons. The molecule has 5 aromatic rings. The quantitative estimate of drug-likeness (QED) is 0.124. The zero-order valence-corrected chi connectivity index (χ0v) is 30.1. The van der Waals surface area contributed by atoms with Crippen LogP contribution in [-0.4, -0.2) is 52.3 Å². The summed E-state index contributed by atoms with van der Waals surface area (Å²) in [6, 6.07) is 21.8. The number of hydrogen-bond donors (Lipinski definition) is 1. The summed E-state index contributed by atoms with van der Waals surface area (Å²) in [5, 5.41) is 7.40. The van der Waals surface area contributed by atoms with Crippen LogP contribution in [-0.2, 0) is 32.5 Å². The number of sulfonamides is 1. The van der Waals surface area contributed by atoms with Crippen LogP contribution in [0.3, 0.4) is 0 Å². The number of halogens is 3. The zero-order valence-electron chi connectivity index (χ0n) is 27.7. The second-order valence-electron chi connectivity index (χ2n) is 11.3. The van der Waals surface area contributed by atoms with Gasteiger partial charge in [-0.2, -0.15) is 13.1 Å². The molecule has 266 valence electrons. The molecule has 0 atom stereocenters. The molecule has 15 heteroatoms. The molecule has 0 unspecified atom stereocenters. The van der Waals surface area contributed by atoms with Crippen molar-refractivity contribution in [3.8, 4) is 16.8 Å². The smallest absolute Gasteiger partial charge is 0.351 e. The van der Waals surface area contributed by atoms with Gasteiger partial charge in [-0.15, -0.1) is 5.10 Å². The van der Waals surface area contributed by atoms with Crippen molar-refractivity contribution < 1.29 is 31.6 Å². The normalized spacial score (nSPS) is 11.4. The Labute approximate surface area is 301 Å². The molecule has 51 heavy (non-hydrogen) atoms. The first-order valence-electron chi connectivity index (χ1n) is 16.0. The Bertz CT molecular complexity index is 2220. The van der Waals surface area contributed by atoms with Gasteiger partial charge in [0.15, 0.2) is 0 Å². The predicted octanol–water partition coefficient (Wildman–Crippen LogP) is 6.68. The molecular weight excluding hydrogens is 748 g/mol. The Balaban J connectivity index is 1.44. The van der Waals surface area contributed by atoms with E-state index < -0.39 is 42.4 Å². The first kappa shape index (κ1) is 37.3. The van der Waals surface area contributed by atoms with Gasteiger partial charge in [-0.05, 0) is 76.8 Å². The van der Waals surface area contributed by atoms with Crippen molar-refractivity contribution in [2.75, 3.05) is 18.5 Å². The number of amides is 2. The molecule has 11 nitrogen and oxygen atoms in total. The molecule has 2 amide bonds. The van der Waals surface area contributed by atoms with Gasteiger partial charge < -0.3 is 10.1 Å². The van der Waals surface area contributed by atoms with E-state index in [2.05, 4.69) is 26.3 Å². The lowest BCUT2D eigenvalue weighted by Gasteiger charge is -2.16. The topological polar surface area (TPSA) is 133 Å². The third-order valence-electron chi connectivity index (χ3n) is 7.83. The van der Waals surface area contributed by atoms with E-state index in [0.717, 1.165) is 31.0 Å². The highest BCUT2D eigenvalue weighted by Crippen LogP contribution is 2.31. The molecule has 0 aliphatic carbocycles. The average molecular weight is 783 g/mol. The van der Waals surface area contributed by atoms with E-state index in [1.54, 1.807) is 60.0 Å². The maximum absolute atomic E-state index is 15.2. The molecule has 0 saturated heterocycles. The molecule has 1 N–H and O–H groups in total. The maximum Gasteiger partial charge on any atom is 0.351 e. The number of nitrogens with one attached hydrogen (secondary N) is 1. The van der Waals surface area contributed by atoms with Crippen molar-refractivity contribution in [1.29, 1.82) is 0 Å². The summed E-state index contributed by atoms with van der Waals surface area (Å²) in [6.07, 6.45) is 2.17. The van der Waals surface area contributed by atoms with Crippen molar-refractivity contribution in [3.05, 3.63) is 129 Å². The van der Waals surface area contributed by atoms with Gasteiger partial charge in [-0.1, -0.05) is 77.0 Å². The largest absolute Gasteiger partial charge is 0.372 e. The minimum Gasteiger partial charge on any atom is -0.372 e. The van der Waals surface area contributed by atoms with Crippen molar-refractivity contribution in [2.45, 2.75) is 44.6 Å². The van der Waals surface area contributed by atoms with Gasteiger partial charge >= 0.3 is 5.69 Å². The molecule has 0 bridgehead atoms. The summed E-state index contributed by atoms with van der Waals surface area (Å²) >= 11 is 3.49. The Morgan fingerprint density at radius 3 is 2.39 bits per heavy atom. The van der Waals surface area contributed by atoms with E-state index in [0.29, 0.717) is 45.8 Å². The molecule has 5 rings (SSSR count). The summed E-state index contributed by atoms with van der Waals surface area (Å²) in [5.41, 5.74) is 0.936. The number of rotatable bonds is 14. The highest BCUT2D eigenvalue weighted by Gasteiger charge is 2.34. The predicted molar refractivity (Wildman–Crippen MR) is 191 cm³/mol. The molecule has 1 heterocycles. The molecule has 0 spiro atoms. The molecule has 0 aliphatic heterocycles. The van der Waals surface area contributed by atoms with E-state index in [1.165, 1.54) is 28.9 Å². The number of ether oxygens (including phenoxy) is 1. The van der Waals surface area contributed by atoms with Gasteiger partial charge in [0.25, 0.3) is 15.9 Å². The molecule has 0 saturated carbocycles. The lowest BCUT2D eigenvalue weighted by Crippen LogP contribution is -2.30. The van der Waals surface area contributed by atoms with Crippen LogP contribution in [0.15, 0.2) is 105 Å². The Morgan fingerprint density at radius 1 is 0.980 bits per heavy atom. The fourth-order valence-electron chi connectivity index (χ4n) is 5.24. The van der Waals surface area contributed by atoms with Crippen LogP contribution in [0.25, 0.3) is 16.8 Å². The van der Waals surface area contributed by atoms with Crippen molar-refractivity contribution in [2.24, 2.45) is 0 Å². The van der Waals surface area contributed by atoms with Gasteiger partial charge in [-0.3, -0.25) is 14.2 Å². The standard InChI is InChI=1S/C36H34BrF2N5O6S/c1-3-5-14-33-41-43(31-21-26(19-20-29(31)37)40-34(45)23-50-4-2)36(47)42(33)22-24-15-17-25(18-16-24)27-10-7-9-13-32(27)51(48,49)44(39)35(46)28-11-6-8-12-30(28)38/h6-13,15-21H,3-5,14,22-23H2,1-2H3,(H,40,45). The third-order valence-corrected chi connectivity index (χ3v) is 10.0. The van der Waals surface area contributed by atoms with Crippen LogP contribution >= 0.6 is 15.9 Å². The number of benzene rings is 4. The lowest BCUT2D eigenvalue weighted by atomic mass is 10.0. The van der Waals surface area contributed by atoms with Crippen LogP contribution in [0, 0.1) is 5.82 Å². The summed E-state index contributed by atoms with van der Waals surface area (Å²) in [4.78, 5) is 38.2. The number of aryl methyl sites for hydroxylation is 1. The summed E-state index contributed by atoms with van der Waals surface area (Å²) in [6.45, 7) is 4.23. The number of unbranched alkanes of at least 4 members (excludes halogenated alkanes) is 1. The number of carbonyl (C=O) groups is 2. The van der Waals surface area contributed by atoms with E-state index in [9.17, 15) is 27.2 Å². The van der Waals surface area contributed by atoms with Crippen LogP contribution in [0.2, 0.25) is 0 Å². The summed E-state index contributed by atoms with van der Waals surface area (Å²) < 4.78 is 63.6. The maximum atomic E-state index is 15.2. The zero-order chi connectivity index (χ0) is 36.7. The van der Waals surface area contributed by atoms with Crippen molar-refractivity contribution >= 4 is 43.5 Å². The first-order valence-corrected chi connectivity index (χ1v) is 18.2. The fourth-order valence-corrected chi connectivity index (χ4v) is 6.86. The highest BCUT2D eigenvalue weighted by molar-refractivity contribution is 9.10. The van der Waals surface area contributed by atoms with Gasteiger partial charge in [0.05, 0.1) is 22.7 Å².